The highest BCUT2D eigenvalue weighted by Gasteiger charge is 2.14. The van der Waals surface area contributed by atoms with Gasteiger partial charge in [0.1, 0.15) is 17.0 Å². The second kappa shape index (κ2) is 8.34. The van der Waals surface area contributed by atoms with Crippen molar-refractivity contribution in [1.82, 2.24) is 34.9 Å². The lowest BCUT2D eigenvalue weighted by Gasteiger charge is -2.16. The molecule has 2 N–H and O–H groups in total. The van der Waals surface area contributed by atoms with Gasteiger partial charge in [-0.15, -0.1) is 0 Å². The maximum Gasteiger partial charge on any atom is 0.227 e. The molecule has 9 nitrogen and oxygen atoms in total. The molecule has 4 aromatic heterocycles. The number of ether oxygens (including phenoxy) is 1. The number of H-pyrrole nitrogens is 1. The fraction of sp³-hybridized carbons (Fsp3) is 0.208. The first-order valence-corrected chi connectivity index (χ1v) is 10.7. The van der Waals surface area contributed by atoms with Crippen LogP contribution in [0.5, 0.6) is 5.75 Å². The van der Waals surface area contributed by atoms with E-state index in [2.05, 4.69) is 30.6 Å². The zero-order valence-electron chi connectivity index (χ0n) is 18.9. The molecule has 4 heterocycles. The predicted molar refractivity (Wildman–Crippen MR) is 127 cm³/mol. The number of pyridine rings is 1. The molecule has 0 aliphatic rings. The maximum atomic E-state index is 6.10. The molecule has 0 unspecified atom stereocenters. The minimum absolute atomic E-state index is 0.00656. The summed E-state index contributed by atoms with van der Waals surface area (Å²) in [6.45, 7) is 5.96. The van der Waals surface area contributed by atoms with Gasteiger partial charge in [-0.05, 0) is 44.5 Å². The molecule has 1 aromatic carbocycles. The highest BCUT2D eigenvalue weighted by Crippen LogP contribution is 2.34. The molecule has 5 rings (SSSR count). The van der Waals surface area contributed by atoms with E-state index in [9.17, 15) is 0 Å². The Morgan fingerprint density at radius 2 is 1.94 bits per heavy atom. The predicted octanol–water partition coefficient (Wildman–Crippen LogP) is 4.65. The number of rotatable bonds is 6. The van der Waals surface area contributed by atoms with E-state index in [-0.39, 0.29) is 6.10 Å². The summed E-state index contributed by atoms with van der Waals surface area (Å²) in [5, 5.41) is 15.6. The third kappa shape index (κ3) is 4.12. The molecule has 0 spiro atoms. The molecule has 0 saturated heterocycles. The highest BCUT2D eigenvalue weighted by molar-refractivity contribution is 5.92. The summed E-state index contributed by atoms with van der Waals surface area (Å²) < 4.78 is 7.88. The van der Waals surface area contributed by atoms with Gasteiger partial charge in [0.2, 0.25) is 5.95 Å². The molecule has 0 amide bonds. The van der Waals surface area contributed by atoms with Crippen LogP contribution < -0.4 is 10.1 Å². The van der Waals surface area contributed by atoms with Crippen molar-refractivity contribution in [3.63, 3.8) is 0 Å². The van der Waals surface area contributed by atoms with Crippen LogP contribution in [0.2, 0.25) is 0 Å². The van der Waals surface area contributed by atoms with E-state index in [1.807, 2.05) is 64.5 Å². The largest absolute Gasteiger partial charge is 0.489 e. The van der Waals surface area contributed by atoms with Crippen molar-refractivity contribution in [1.29, 1.82) is 0 Å². The topological polar surface area (TPSA) is 106 Å². The van der Waals surface area contributed by atoms with E-state index in [0.29, 0.717) is 11.7 Å². The van der Waals surface area contributed by atoms with Crippen LogP contribution in [0.25, 0.3) is 33.3 Å². The number of aromatic amines is 1. The van der Waals surface area contributed by atoms with Crippen molar-refractivity contribution < 1.29 is 4.74 Å². The zero-order chi connectivity index (χ0) is 22.9. The summed E-state index contributed by atoms with van der Waals surface area (Å²) in [5.41, 5.74) is 6.17. The average molecular weight is 441 g/mol. The van der Waals surface area contributed by atoms with Gasteiger partial charge in [0, 0.05) is 47.8 Å². The van der Waals surface area contributed by atoms with Crippen molar-refractivity contribution in [2.24, 2.45) is 7.05 Å². The van der Waals surface area contributed by atoms with Gasteiger partial charge in [0.25, 0.3) is 0 Å². The minimum atomic E-state index is 0.00656. The quantitative estimate of drug-likeness (QED) is 0.396. The van der Waals surface area contributed by atoms with Crippen LogP contribution in [0.15, 0.2) is 55.2 Å². The number of nitrogens with one attached hydrogen (secondary N) is 2. The van der Waals surface area contributed by atoms with Crippen molar-refractivity contribution in [3.05, 3.63) is 60.9 Å². The van der Waals surface area contributed by atoms with Crippen LogP contribution in [-0.2, 0) is 7.05 Å². The first-order chi connectivity index (χ1) is 16.0. The highest BCUT2D eigenvalue weighted by atomic mass is 16.5. The van der Waals surface area contributed by atoms with E-state index in [1.54, 1.807) is 23.3 Å². The smallest absolute Gasteiger partial charge is 0.227 e. The van der Waals surface area contributed by atoms with E-state index < -0.39 is 0 Å². The summed E-state index contributed by atoms with van der Waals surface area (Å²) in [4.78, 5) is 13.8. The summed E-state index contributed by atoms with van der Waals surface area (Å²) in [6, 6.07) is 7.89. The number of hydrogen-bond acceptors (Lipinski definition) is 7. The Morgan fingerprint density at radius 1 is 1.06 bits per heavy atom. The lowest BCUT2D eigenvalue weighted by molar-refractivity contribution is 0.244. The van der Waals surface area contributed by atoms with E-state index in [4.69, 9.17) is 9.72 Å². The van der Waals surface area contributed by atoms with Gasteiger partial charge in [-0.1, -0.05) is 6.07 Å². The van der Waals surface area contributed by atoms with Gasteiger partial charge in [-0.3, -0.25) is 14.8 Å². The normalized spacial score (nSPS) is 11.3. The summed E-state index contributed by atoms with van der Waals surface area (Å²) in [6.07, 6.45) is 9.12. The average Bonchev–Trinajstić information content (AvgIpc) is 3.42. The number of fused-ring (bicyclic) bond motifs is 1. The number of benzene rings is 1. The molecule has 0 atom stereocenters. The lowest BCUT2D eigenvalue weighted by Crippen LogP contribution is -2.08. The molecule has 0 saturated carbocycles. The molecule has 9 heteroatoms. The van der Waals surface area contributed by atoms with Crippen LogP contribution in [-0.4, -0.2) is 41.0 Å². The Labute approximate surface area is 190 Å². The molecular weight excluding hydrogens is 416 g/mol. The molecule has 33 heavy (non-hydrogen) atoms. The number of aromatic nitrogens is 7. The molecule has 166 valence electrons. The van der Waals surface area contributed by atoms with E-state index in [1.165, 1.54) is 0 Å². The van der Waals surface area contributed by atoms with Crippen molar-refractivity contribution in [3.8, 4) is 28.1 Å². The Morgan fingerprint density at radius 3 is 2.67 bits per heavy atom. The summed E-state index contributed by atoms with van der Waals surface area (Å²) in [7, 11) is 1.90. The Bertz CT molecular complexity index is 1440. The van der Waals surface area contributed by atoms with E-state index >= 15 is 0 Å². The van der Waals surface area contributed by atoms with Crippen molar-refractivity contribution in [2.75, 3.05) is 5.32 Å². The molecule has 0 aliphatic heterocycles. The third-order valence-electron chi connectivity index (χ3n) is 5.21. The fourth-order valence-electron chi connectivity index (χ4n) is 3.65. The second-order valence-corrected chi connectivity index (χ2v) is 8.10. The molecule has 0 fully saturated rings. The van der Waals surface area contributed by atoms with Gasteiger partial charge in [-0.2, -0.15) is 10.2 Å². The molecule has 0 bridgehead atoms. The zero-order valence-corrected chi connectivity index (χ0v) is 18.9. The summed E-state index contributed by atoms with van der Waals surface area (Å²) >= 11 is 0. The summed E-state index contributed by atoms with van der Waals surface area (Å²) in [5.74, 6) is 1.17. The van der Waals surface area contributed by atoms with Gasteiger partial charge in [0.05, 0.1) is 24.2 Å². The minimum Gasteiger partial charge on any atom is -0.489 e. The van der Waals surface area contributed by atoms with Crippen LogP contribution in [0.3, 0.4) is 0 Å². The SMILES string of the molecule is Cc1[nH]ncc1-c1nccc2cnc(Nc3ccc(-c4cnn(C)c4)cc3OC(C)C)nc12. The molecular formula is C24H24N8O. The Balaban J connectivity index is 1.54. The van der Waals surface area contributed by atoms with Gasteiger partial charge in [-0.25, -0.2) is 9.97 Å². The van der Waals surface area contributed by atoms with Gasteiger partial charge < -0.3 is 10.1 Å². The van der Waals surface area contributed by atoms with Crippen LogP contribution >= 0.6 is 0 Å². The Hall–Kier alpha value is -4.27. The monoisotopic (exact) mass is 440 g/mol. The van der Waals surface area contributed by atoms with Crippen LogP contribution in [0.4, 0.5) is 11.6 Å². The molecule has 5 aromatic rings. The number of nitrogens with zero attached hydrogens (tertiary/aromatic N) is 6. The fourth-order valence-corrected chi connectivity index (χ4v) is 3.65. The number of aryl methyl sites for hydroxylation is 2. The number of hydrogen-bond donors (Lipinski definition) is 2. The van der Waals surface area contributed by atoms with E-state index in [0.717, 1.165) is 44.7 Å². The van der Waals surface area contributed by atoms with Crippen LogP contribution in [0, 0.1) is 6.92 Å². The lowest BCUT2D eigenvalue weighted by atomic mass is 10.1. The van der Waals surface area contributed by atoms with Gasteiger partial charge >= 0.3 is 0 Å². The van der Waals surface area contributed by atoms with Crippen molar-refractivity contribution >= 4 is 22.5 Å². The second-order valence-electron chi connectivity index (χ2n) is 8.10. The van der Waals surface area contributed by atoms with Crippen LogP contribution in [0.1, 0.15) is 19.5 Å². The first kappa shape index (κ1) is 20.6. The Kier molecular flexibility index (Phi) is 5.21. The van der Waals surface area contributed by atoms with Crippen molar-refractivity contribution in [2.45, 2.75) is 26.9 Å². The standard InChI is InChI=1S/C24H24N8O/c1-14(2)33-21-9-16(18-11-28-32(4)13-18)5-6-20(21)29-24-26-10-17-7-8-25-23(22(17)30-24)19-12-27-31-15(19)3/h5-14H,1-4H3,(H,27,31)(H,26,29,30). The maximum absolute atomic E-state index is 6.10. The third-order valence-corrected chi connectivity index (χ3v) is 5.21. The molecule has 0 aliphatic carbocycles. The van der Waals surface area contributed by atoms with Gasteiger partial charge in [0.15, 0.2) is 0 Å². The first-order valence-electron chi connectivity index (χ1n) is 10.7. The molecule has 0 radical (unpaired) electrons. The number of anilines is 2.